The number of esters is 1. The van der Waals surface area contributed by atoms with E-state index in [4.69, 9.17) is 16.4 Å². The van der Waals surface area contributed by atoms with Gasteiger partial charge in [-0.15, -0.1) is 0 Å². The number of nitrogens with zero attached hydrogens (tertiary/aromatic N) is 1. The van der Waals surface area contributed by atoms with Crippen LogP contribution in [0.1, 0.15) is 12.5 Å². The Balaban J connectivity index is 2.38. The van der Waals surface area contributed by atoms with Gasteiger partial charge in [0.05, 0.1) is 12.8 Å². The van der Waals surface area contributed by atoms with Crippen LogP contribution in [-0.4, -0.2) is 25.4 Å². The molecule has 0 spiro atoms. The summed E-state index contributed by atoms with van der Waals surface area (Å²) in [5.41, 5.74) is 0.730. The molecule has 0 bridgehead atoms. The molecular formula is C11H12ClNO3. The zero-order valence-corrected chi connectivity index (χ0v) is 9.61. The Kier molecular flexibility index (Phi) is 5.36. The molecule has 0 aromatic heterocycles. The normalized spacial score (nSPS) is 10.4. The summed E-state index contributed by atoms with van der Waals surface area (Å²) in [6.45, 7) is 1.86. The highest BCUT2D eigenvalue weighted by atomic mass is 35.5. The molecule has 5 heteroatoms. The van der Waals surface area contributed by atoms with E-state index in [1.165, 1.54) is 6.21 Å². The summed E-state index contributed by atoms with van der Waals surface area (Å²) in [6, 6.07) is 7.19. The molecule has 0 unspecified atom stereocenters. The van der Waals surface area contributed by atoms with E-state index < -0.39 is 5.97 Å². The second-order valence-corrected chi connectivity index (χ2v) is 3.24. The molecule has 1 aromatic carbocycles. The Hall–Kier alpha value is -1.55. The van der Waals surface area contributed by atoms with E-state index in [1.807, 2.05) is 12.1 Å². The smallest absolute Gasteiger partial charge is 0.347 e. The van der Waals surface area contributed by atoms with Crippen molar-refractivity contribution in [2.75, 3.05) is 13.2 Å². The molecule has 0 saturated carbocycles. The summed E-state index contributed by atoms with van der Waals surface area (Å²) < 4.78 is 4.65. The molecule has 0 fully saturated rings. The van der Waals surface area contributed by atoms with Crippen LogP contribution in [0.5, 0.6) is 0 Å². The SMILES string of the molecule is CCOC(=O)CON=Cc1ccccc1Cl. The molecule has 0 aliphatic rings. The molecular weight excluding hydrogens is 230 g/mol. The monoisotopic (exact) mass is 241 g/mol. The number of rotatable bonds is 5. The Morgan fingerprint density at radius 2 is 2.25 bits per heavy atom. The third-order valence-electron chi connectivity index (χ3n) is 1.66. The second kappa shape index (κ2) is 6.85. The lowest BCUT2D eigenvalue weighted by atomic mass is 10.2. The molecule has 0 heterocycles. The minimum atomic E-state index is -0.446. The predicted octanol–water partition coefficient (Wildman–Crippen LogP) is 2.25. The van der Waals surface area contributed by atoms with Crippen molar-refractivity contribution in [3.8, 4) is 0 Å². The minimum Gasteiger partial charge on any atom is -0.463 e. The van der Waals surface area contributed by atoms with E-state index in [0.29, 0.717) is 11.6 Å². The Morgan fingerprint density at radius 3 is 2.94 bits per heavy atom. The van der Waals surface area contributed by atoms with Gasteiger partial charge < -0.3 is 9.57 Å². The highest BCUT2D eigenvalue weighted by Crippen LogP contribution is 2.12. The van der Waals surface area contributed by atoms with Crippen molar-refractivity contribution in [2.45, 2.75) is 6.92 Å². The van der Waals surface area contributed by atoms with Gasteiger partial charge in [0, 0.05) is 10.6 Å². The first-order valence-electron chi connectivity index (χ1n) is 4.79. The first-order chi connectivity index (χ1) is 7.74. The van der Waals surface area contributed by atoms with E-state index in [1.54, 1.807) is 19.1 Å². The quantitative estimate of drug-likeness (QED) is 0.451. The third kappa shape index (κ3) is 4.31. The van der Waals surface area contributed by atoms with Gasteiger partial charge in [0.15, 0.2) is 0 Å². The molecule has 0 atom stereocenters. The van der Waals surface area contributed by atoms with Crippen LogP contribution in [0.15, 0.2) is 29.4 Å². The van der Waals surface area contributed by atoms with Crippen LogP contribution in [-0.2, 0) is 14.4 Å². The lowest BCUT2D eigenvalue weighted by molar-refractivity contribution is -0.148. The zero-order chi connectivity index (χ0) is 11.8. The fourth-order valence-electron chi connectivity index (χ4n) is 0.966. The highest BCUT2D eigenvalue weighted by molar-refractivity contribution is 6.33. The summed E-state index contributed by atoms with van der Waals surface area (Å²) in [4.78, 5) is 15.6. The van der Waals surface area contributed by atoms with Crippen LogP contribution in [0.3, 0.4) is 0 Å². The number of hydrogen-bond donors (Lipinski definition) is 0. The second-order valence-electron chi connectivity index (χ2n) is 2.83. The Labute approximate surface area is 98.8 Å². The van der Waals surface area contributed by atoms with Gasteiger partial charge in [0.25, 0.3) is 0 Å². The van der Waals surface area contributed by atoms with E-state index in [2.05, 4.69) is 9.89 Å². The fraction of sp³-hybridized carbons (Fsp3) is 0.273. The minimum absolute atomic E-state index is 0.200. The number of hydrogen-bond acceptors (Lipinski definition) is 4. The van der Waals surface area contributed by atoms with Gasteiger partial charge in [-0.1, -0.05) is 35.0 Å². The summed E-state index contributed by atoms with van der Waals surface area (Å²) >= 11 is 5.88. The van der Waals surface area contributed by atoms with Crippen molar-refractivity contribution < 1.29 is 14.4 Å². The molecule has 0 aliphatic carbocycles. The number of carbonyl (C=O) groups is 1. The van der Waals surface area contributed by atoms with Gasteiger partial charge in [-0.2, -0.15) is 0 Å². The van der Waals surface area contributed by atoms with Crippen LogP contribution >= 0.6 is 11.6 Å². The van der Waals surface area contributed by atoms with Crippen LogP contribution < -0.4 is 0 Å². The summed E-state index contributed by atoms with van der Waals surface area (Å²) in [5, 5.41) is 4.19. The van der Waals surface area contributed by atoms with E-state index >= 15 is 0 Å². The largest absolute Gasteiger partial charge is 0.463 e. The van der Waals surface area contributed by atoms with Gasteiger partial charge in [0.1, 0.15) is 0 Å². The average Bonchev–Trinajstić information content (AvgIpc) is 2.27. The van der Waals surface area contributed by atoms with Crippen molar-refractivity contribution in [2.24, 2.45) is 5.16 Å². The number of halogens is 1. The fourth-order valence-corrected chi connectivity index (χ4v) is 1.15. The Bertz CT molecular complexity index is 379. The van der Waals surface area contributed by atoms with Crippen molar-refractivity contribution in [3.05, 3.63) is 34.9 Å². The first kappa shape index (κ1) is 12.5. The molecule has 0 N–H and O–H groups in total. The van der Waals surface area contributed by atoms with Crippen LogP contribution in [0, 0.1) is 0 Å². The maximum absolute atomic E-state index is 10.9. The molecule has 4 nitrogen and oxygen atoms in total. The van der Waals surface area contributed by atoms with Crippen LogP contribution in [0.25, 0.3) is 0 Å². The molecule has 1 rings (SSSR count). The molecule has 0 aliphatic heterocycles. The summed E-state index contributed by atoms with van der Waals surface area (Å²) in [6.07, 6.45) is 1.45. The lowest BCUT2D eigenvalue weighted by Crippen LogP contribution is -2.10. The molecule has 0 amide bonds. The third-order valence-corrected chi connectivity index (χ3v) is 2.00. The maximum atomic E-state index is 10.9. The van der Waals surface area contributed by atoms with Gasteiger partial charge >= 0.3 is 5.97 Å². The number of oxime groups is 1. The van der Waals surface area contributed by atoms with E-state index in [0.717, 1.165) is 5.56 Å². The molecule has 0 radical (unpaired) electrons. The average molecular weight is 242 g/mol. The summed E-state index contributed by atoms with van der Waals surface area (Å²) in [7, 11) is 0. The standard InChI is InChI=1S/C11H12ClNO3/c1-2-15-11(14)8-16-13-7-9-5-3-4-6-10(9)12/h3-7H,2,8H2,1H3. The van der Waals surface area contributed by atoms with Crippen molar-refractivity contribution in [3.63, 3.8) is 0 Å². The van der Waals surface area contributed by atoms with E-state index in [9.17, 15) is 4.79 Å². The number of ether oxygens (including phenoxy) is 1. The first-order valence-corrected chi connectivity index (χ1v) is 5.17. The van der Waals surface area contributed by atoms with Crippen molar-refractivity contribution >= 4 is 23.8 Å². The van der Waals surface area contributed by atoms with Crippen LogP contribution in [0.2, 0.25) is 5.02 Å². The predicted molar refractivity (Wildman–Crippen MR) is 61.6 cm³/mol. The van der Waals surface area contributed by atoms with Crippen LogP contribution in [0.4, 0.5) is 0 Å². The number of benzene rings is 1. The topological polar surface area (TPSA) is 47.9 Å². The van der Waals surface area contributed by atoms with Gasteiger partial charge in [-0.05, 0) is 13.0 Å². The Morgan fingerprint density at radius 1 is 1.50 bits per heavy atom. The molecule has 86 valence electrons. The van der Waals surface area contributed by atoms with Gasteiger partial charge in [-0.3, -0.25) is 0 Å². The number of carbonyl (C=O) groups excluding carboxylic acids is 1. The lowest BCUT2D eigenvalue weighted by Gasteiger charge is -1.99. The zero-order valence-electron chi connectivity index (χ0n) is 8.85. The van der Waals surface area contributed by atoms with Gasteiger partial charge in [-0.25, -0.2) is 4.79 Å². The molecule has 1 aromatic rings. The van der Waals surface area contributed by atoms with E-state index in [-0.39, 0.29) is 6.61 Å². The summed E-state index contributed by atoms with van der Waals surface area (Å²) in [5.74, 6) is -0.446. The van der Waals surface area contributed by atoms with Crippen molar-refractivity contribution in [1.29, 1.82) is 0 Å². The van der Waals surface area contributed by atoms with Crippen molar-refractivity contribution in [1.82, 2.24) is 0 Å². The van der Waals surface area contributed by atoms with Gasteiger partial charge in [0.2, 0.25) is 6.61 Å². The maximum Gasteiger partial charge on any atom is 0.347 e. The highest BCUT2D eigenvalue weighted by Gasteiger charge is 2.00. The molecule has 0 saturated heterocycles. The molecule has 16 heavy (non-hydrogen) atoms.